The van der Waals surface area contributed by atoms with Crippen molar-refractivity contribution in [3.63, 3.8) is 0 Å². The number of furan rings is 1. The number of fused-ring (bicyclic) bond motifs is 4. The molecule has 6 aromatic rings. The number of para-hydroxylation sites is 2. The summed E-state index contributed by atoms with van der Waals surface area (Å²) in [6.45, 7) is 2.30. The first-order chi connectivity index (χ1) is 20.7. The van der Waals surface area contributed by atoms with Gasteiger partial charge in [0.05, 0.1) is 5.71 Å². The van der Waals surface area contributed by atoms with Crippen LogP contribution < -0.4 is 0 Å². The minimum absolute atomic E-state index is 0.280. The Balaban J connectivity index is 1.23. The van der Waals surface area contributed by atoms with Gasteiger partial charge in [-0.05, 0) is 40.3 Å². The third-order valence-corrected chi connectivity index (χ3v) is 8.53. The maximum absolute atomic E-state index is 6.37. The Hall–Kier alpha value is -5.15. The fourth-order valence-electron chi connectivity index (χ4n) is 6.42. The minimum Gasteiger partial charge on any atom is -0.659 e. The van der Waals surface area contributed by atoms with Crippen LogP contribution in [0.4, 0.5) is 0 Å². The zero-order valence-electron chi connectivity index (χ0n) is 23.4. The van der Waals surface area contributed by atoms with Crippen molar-refractivity contribution < 1.29 is 4.42 Å². The molecule has 0 fully saturated rings. The highest BCUT2D eigenvalue weighted by molar-refractivity contribution is 6.17. The van der Waals surface area contributed by atoms with E-state index in [-0.39, 0.29) is 12.1 Å². The number of hydrogen-bond acceptors (Lipinski definition) is 2. The molecule has 2 heterocycles. The number of rotatable bonds is 4. The van der Waals surface area contributed by atoms with E-state index in [1.54, 1.807) is 0 Å². The second-order valence-electron chi connectivity index (χ2n) is 11.2. The van der Waals surface area contributed by atoms with Gasteiger partial charge in [0.15, 0.2) is 0 Å². The molecule has 42 heavy (non-hydrogen) atoms. The van der Waals surface area contributed by atoms with Gasteiger partial charge in [-0.1, -0.05) is 140 Å². The van der Waals surface area contributed by atoms with Crippen LogP contribution >= 0.6 is 0 Å². The van der Waals surface area contributed by atoms with Crippen LogP contribution in [0.3, 0.4) is 0 Å². The number of benzene rings is 5. The van der Waals surface area contributed by atoms with Crippen molar-refractivity contribution >= 4 is 44.0 Å². The molecule has 0 saturated carbocycles. The summed E-state index contributed by atoms with van der Waals surface area (Å²) < 4.78 is 6.37. The predicted molar refractivity (Wildman–Crippen MR) is 175 cm³/mol. The molecule has 0 spiro atoms. The van der Waals surface area contributed by atoms with Crippen molar-refractivity contribution in [1.29, 1.82) is 0 Å². The van der Waals surface area contributed by atoms with E-state index in [0.29, 0.717) is 0 Å². The maximum Gasteiger partial charge on any atom is 0.142 e. The van der Waals surface area contributed by atoms with Crippen molar-refractivity contribution in [3.05, 3.63) is 167 Å². The molecule has 202 valence electrons. The second kappa shape index (κ2) is 10.0. The van der Waals surface area contributed by atoms with Crippen molar-refractivity contribution in [2.45, 2.75) is 19.5 Å². The van der Waals surface area contributed by atoms with Crippen LogP contribution in [0, 0.1) is 5.92 Å². The molecule has 0 saturated heterocycles. The summed E-state index contributed by atoms with van der Waals surface area (Å²) >= 11 is 0. The van der Waals surface area contributed by atoms with Crippen LogP contribution in [0.2, 0.25) is 0 Å². The highest BCUT2D eigenvalue weighted by Crippen LogP contribution is 2.43. The van der Waals surface area contributed by atoms with Gasteiger partial charge in [0.1, 0.15) is 11.2 Å². The Morgan fingerprint density at radius 3 is 2.29 bits per heavy atom. The average molecular weight is 542 g/mol. The third kappa shape index (κ3) is 4.17. The van der Waals surface area contributed by atoms with Gasteiger partial charge in [-0.2, -0.15) is 0 Å². The van der Waals surface area contributed by atoms with E-state index in [9.17, 15) is 0 Å². The smallest absolute Gasteiger partial charge is 0.142 e. The first-order valence-corrected chi connectivity index (χ1v) is 14.6. The SMILES string of the molecule is CC1CC(c2cccc3c2oc2ccccc23)=CC=C1C1=CC(c2cccc3ccccc23)=NC(c2ccccc2)[N-]1. The summed E-state index contributed by atoms with van der Waals surface area (Å²) in [5.41, 5.74) is 9.80. The zero-order valence-corrected chi connectivity index (χ0v) is 23.4. The maximum atomic E-state index is 6.37. The lowest BCUT2D eigenvalue weighted by molar-refractivity contribution is 0.664. The van der Waals surface area contributed by atoms with E-state index < -0.39 is 0 Å². The largest absolute Gasteiger partial charge is 0.659 e. The van der Waals surface area contributed by atoms with Gasteiger partial charge in [-0.25, -0.2) is 0 Å². The fourth-order valence-corrected chi connectivity index (χ4v) is 6.42. The summed E-state index contributed by atoms with van der Waals surface area (Å²) in [7, 11) is 0. The van der Waals surface area contributed by atoms with Crippen LogP contribution in [0.5, 0.6) is 0 Å². The first-order valence-electron chi connectivity index (χ1n) is 14.6. The van der Waals surface area contributed by atoms with Crippen molar-refractivity contribution in [2.75, 3.05) is 0 Å². The Morgan fingerprint density at radius 2 is 1.40 bits per heavy atom. The molecule has 2 aliphatic rings. The number of aliphatic imine (C=N–C) groups is 1. The second-order valence-corrected chi connectivity index (χ2v) is 11.2. The molecule has 3 heteroatoms. The molecule has 5 aromatic carbocycles. The molecular formula is C39H29N2O-. The monoisotopic (exact) mass is 541 g/mol. The minimum atomic E-state index is -0.289. The number of allylic oxidation sites excluding steroid dienone is 5. The van der Waals surface area contributed by atoms with E-state index in [1.165, 1.54) is 27.5 Å². The highest BCUT2D eigenvalue weighted by Gasteiger charge is 2.22. The van der Waals surface area contributed by atoms with E-state index in [4.69, 9.17) is 14.7 Å². The van der Waals surface area contributed by atoms with E-state index in [1.807, 2.05) is 18.2 Å². The average Bonchev–Trinajstić information content (AvgIpc) is 3.44. The van der Waals surface area contributed by atoms with Gasteiger partial charge in [0.2, 0.25) is 0 Å². The lowest BCUT2D eigenvalue weighted by atomic mass is 9.83. The van der Waals surface area contributed by atoms with Gasteiger partial charge in [-0.3, -0.25) is 4.99 Å². The van der Waals surface area contributed by atoms with Crippen LogP contribution in [0.15, 0.2) is 154 Å². The standard InChI is InChI=1S/C39H29N2O/c1-25-23-28(31-17-10-19-34-33-16-7-8-20-37(33)42-38(31)34)21-22-29(25)35-24-36(41-39(40-35)27-12-3-2-4-13-27)32-18-9-14-26-11-5-6-15-30(26)32/h2-22,24-25,39H,23H2,1H3/q-1. The van der Waals surface area contributed by atoms with Gasteiger partial charge < -0.3 is 9.73 Å². The lowest BCUT2D eigenvalue weighted by Crippen LogP contribution is -2.15. The number of nitrogens with zero attached hydrogens (tertiary/aromatic N) is 2. The van der Waals surface area contributed by atoms with Gasteiger partial charge in [0, 0.05) is 28.1 Å². The molecule has 1 aliphatic heterocycles. The number of hydrogen-bond donors (Lipinski definition) is 0. The molecule has 0 radical (unpaired) electrons. The van der Waals surface area contributed by atoms with E-state index >= 15 is 0 Å². The molecule has 3 nitrogen and oxygen atoms in total. The first kappa shape index (κ1) is 24.6. The summed E-state index contributed by atoms with van der Waals surface area (Å²) in [6.07, 6.45) is 7.32. The van der Waals surface area contributed by atoms with Crippen LogP contribution in [-0.4, -0.2) is 5.71 Å². The summed E-state index contributed by atoms with van der Waals surface area (Å²) in [5, 5.41) is 9.96. The van der Waals surface area contributed by atoms with Crippen molar-refractivity contribution in [1.82, 2.24) is 0 Å². The summed E-state index contributed by atoms with van der Waals surface area (Å²) in [6, 6.07) is 40.1. The normalized spacial score (nSPS) is 18.8. The molecule has 1 aliphatic carbocycles. The molecule has 2 unspecified atom stereocenters. The molecule has 0 bridgehead atoms. The third-order valence-electron chi connectivity index (χ3n) is 8.53. The van der Waals surface area contributed by atoms with Gasteiger partial charge in [0.25, 0.3) is 0 Å². The zero-order chi connectivity index (χ0) is 28.0. The van der Waals surface area contributed by atoms with Gasteiger partial charge >= 0.3 is 0 Å². The molecule has 8 rings (SSSR count). The molecular weight excluding hydrogens is 512 g/mol. The highest BCUT2D eigenvalue weighted by atomic mass is 16.3. The van der Waals surface area contributed by atoms with Gasteiger partial charge in [-0.15, -0.1) is 5.70 Å². The molecule has 1 aromatic heterocycles. The van der Waals surface area contributed by atoms with Crippen molar-refractivity contribution in [2.24, 2.45) is 10.9 Å². The topological polar surface area (TPSA) is 39.6 Å². The lowest BCUT2D eigenvalue weighted by Gasteiger charge is -2.40. The Morgan fingerprint density at radius 1 is 0.690 bits per heavy atom. The Bertz CT molecular complexity index is 2100. The van der Waals surface area contributed by atoms with Crippen LogP contribution in [0.1, 0.15) is 36.2 Å². The molecule has 0 N–H and O–H groups in total. The Labute approximate surface area is 245 Å². The predicted octanol–water partition coefficient (Wildman–Crippen LogP) is 10.5. The van der Waals surface area contributed by atoms with Crippen molar-refractivity contribution in [3.8, 4) is 0 Å². The fraction of sp³-hybridized carbons (Fsp3) is 0.103. The molecule has 2 atom stereocenters. The Kier molecular flexibility index (Phi) is 5.89. The van der Waals surface area contributed by atoms with E-state index in [2.05, 4.69) is 122 Å². The summed E-state index contributed by atoms with van der Waals surface area (Å²) in [4.78, 5) is 5.18. The van der Waals surface area contributed by atoms with E-state index in [0.717, 1.165) is 50.9 Å². The molecule has 0 amide bonds. The van der Waals surface area contributed by atoms with Crippen LogP contribution in [0.25, 0.3) is 43.6 Å². The van der Waals surface area contributed by atoms with Crippen LogP contribution in [-0.2, 0) is 0 Å². The quantitative estimate of drug-likeness (QED) is 0.219. The summed E-state index contributed by atoms with van der Waals surface area (Å²) in [5.74, 6) is 0.280.